The van der Waals surface area contributed by atoms with Gasteiger partial charge in [0.2, 0.25) is 0 Å². The maximum Gasteiger partial charge on any atom is 0.169 e. The van der Waals surface area contributed by atoms with Gasteiger partial charge in [0.05, 0.1) is 15.2 Å². The van der Waals surface area contributed by atoms with Crippen molar-refractivity contribution in [2.24, 2.45) is 0 Å². The fourth-order valence-electron chi connectivity index (χ4n) is 4.26. The zero-order chi connectivity index (χ0) is 19.1. The Labute approximate surface area is 155 Å². The average molecular weight is 397 g/mol. The van der Waals surface area contributed by atoms with Gasteiger partial charge in [-0.05, 0) is 63.1 Å². The minimum Gasteiger partial charge on any atom is -0.459 e. The summed E-state index contributed by atoms with van der Waals surface area (Å²) in [4.78, 5) is 0. The molecule has 138 valence electrons. The van der Waals surface area contributed by atoms with Crippen LogP contribution in [0.2, 0.25) is 58.9 Å². The van der Waals surface area contributed by atoms with Crippen molar-refractivity contribution >= 4 is 30.9 Å². The van der Waals surface area contributed by atoms with Crippen LogP contribution in [-0.4, -0.2) is 30.9 Å². The van der Waals surface area contributed by atoms with E-state index < -0.39 is 30.9 Å². The largest absolute Gasteiger partial charge is 0.459 e. The Morgan fingerprint density at radius 2 is 1.08 bits per heavy atom. The van der Waals surface area contributed by atoms with Crippen LogP contribution in [-0.2, 0) is 10.2 Å². The number of rotatable bonds is 6. The molecule has 0 atom stereocenters. The third-order valence-corrected chi connectivity index (χ3v) is 45.6. The summed E-state index contributed by atoms with van der Waals surface area (Å²) in [6.45, 7) is 29.5. The first kappa shape index (κ1) is 22.1. The number of hydrogen-bond donors (Lipinski definition) is 0. The van der Waals surface area contributed by atoms with Gasteiger partial charge in [-0.15, -0.1) is 0 Å². The molecule has 0 radical (unpaired) electrons. The van der Waals surface area contributed by atoms with Crippen LogP contribution in [0.25, 0.3) is 0 Å². The van der Waals surface area contributed by atoms with E-state index in [9.17, 15) is 0 Å². The van der Waals surface area contributed by atoms with E-state index in [-0.39, 0.29) is 0 Å². The van der Waals surface area contributed by atoms with Gasteiger partial charge in [0.1, 0.15) is 0 Å². The lowest BCUT2D eigenvalue weighted by atomic mass is 10.0. The third kappa shape index (κ3) is 4.81. The van der Waals surface area contributed by atoms with Gasteiger partial charge >= 0.3 is 0 Å². The van der Waals surface area contributed by atoms with Crippen LogP contribution in [0.4, 0.5) is 0 Å². The van der Waals surface area contributed by atoms with Gasteiger partial charge in [0.25, 0.3) is 0 Å². The van der Waals surface area contributed by atoms with Crippen LogP contribution >= 0.6 is 0 Å². The summed E-state index contributed by atoms with van der Waals surface area (Å²) in [6.07, 6.45) is 0. The van der Waals surface area contributed by atoms with Crippen LogP contribution < -0.4 is 0 Å². The SMILES string of the molecule is Cc1cc(C)c(C[Si](O[Si](C)(C)C)([Si](C)(C)C)[Si](C)(C)C)c(C)c1. The van der Waals surface area contributed by atoms with Crippen molar-refractivity contribution in [3.8, 4) is 0 Å². The predicted octanol–water partition coefficient (Wildman–Crippen LogP) is 6.32. The van der Waals surface area contributed by atoms with E-state index in [2.05, 4.69) is 91.8 Å². The van der Waals surface area contributed by atoms with Crippen LogP contribution in [0.5, 0.6) is 0 Å². The van der Waals surface area contributed by atoms with E-state index >= 15 is 0 Å². The first-order chi connectivity index (χ1) is 10.5. The molecule has 0 N–H and O–H groups in total. The molecule has 1 nitrogen and oxygen atoms in total. The molecule has 1 aromatic rings. The molecule has 1 rings (SSSR count). The standard InChI is InChI=1S/C19H40OSi4/c1-16-13-17(2)19(18(3)14-16)15-24(22(7,8)9,23(10,11)12)20-21(4,5)6/h13-14H,15H2,1-12H3. The molecular formula is C19H40OSi4. The van der Waals surface area contributed by atoms with Gasteiger partial charge in [-0.25, -0.2) is 0 Å². The monoisotopic (exact) mass is 396 g/mol. The lowest BCUT2D eigenvalue weighted by molar-refractivity contribution is 0.570. The van der Waals surface area contributed by atoms with Gasteiger partial charge < -0.3 is 4.12 Å². The minimum absolute atomic E-state index is 1.24. The Morgan fingerprint density at radius 3 is 1.38 bits per heavy atom. The van der Waals surface area contributed by atoms with Crippen molar-refractivity contribution < 1.29 is 4.12 Å². The summed E-state index contributed by atoms with van der Waals surface area (Å²) < 4.78 is 7.30. The second-order valence-electron chi connectivity index (χ2n) is 10.6. The first-order valence-corrected chi connectivity index (χ1v) is 23.8. The van der Waals surface area contributed by atoms with Gasteiger partial charge in [-0.3, -0.25) is 0 Å². The molecule has 0 aliphatic carbocycles. The van der Waals surface area contributed by atoms with E-state index in [1.165, 1.54) is 22.7 Å². The fraction of sp³-hybridized carbons (Fsp3) is 0.684. The van der Waals surface area contributed by atoms with Crippen molar-refractivity contribution in [1.29, 1.82) is 0 Å². The van der Waals surface area contributed by atoms with E-state index in [1.807, 2.05) is 0 Å². The summed E-state index contributed by atoms with van der Waals surface area (Å²) in [5, 5.41) is 0. The molecule has 0 aliphatic rings. The Hall–Kier alpha value is 0.0475. The van der Waals surface area contributed by atoms with Gasteiger partial charge in [-0.2, -0.15) is 0 Å². The molecule has 0 unspecified atom stereocenters. The van der Waals surface area contributed by atoms with E-state index in [0.717, 1.165) is 0 Å². The lowest BCUT2D eigenvalue weighted by Gasteiger charge is -2.53. The molecule has 0 aliphatic heterocycles. The minimum atomic E-state index is -1.82. The van der Waals surface area contributed by atoms with Gasteiger partial charge in [0.15, 0.2) is 15.7 Å². The molecule has 0 aromatic heterocycles. The Kier molecular flexibility index (Phi) is 6.43. The summed E-state index contributed by atoms with van der Waals surface area (Å²) in [7, 11) is -6.22. The summed E-state index contributed by atoms with van der Waals surface area (Å²) in [5.74, 6) is 0. The van der Waals surface area contributed by atoms with Crippen LogP contribution in [0.1, 0.15) is 22.3 Å². The topological polar surface area (TPSA) is 9.23 Å². The molecule has 0 bridgehead atoms. The molecule has 0 amide bonds. The van der Waals surface area contributed by atoms with Crippen molar-refractivity contribution in [2.75, 3.05) is 0 Å². The fourth-order valence-corrected chi connectivity index (χ4v) is 57.8. The number of hydrogen-bond acceptors (Lipinski definition) is 1. The second-order valence-corrected chi connectivity index (χ2v) is 42.0. The molecule has 5 heteroatoms. The number of aryl methyl sites for hydroxylation is 3. The molecule has 0 heterocycles. The highest BCUT2D eigenvalue weighted by Gasteiger charge is 2.57. The zero-order valence-electron chi connectivity index (χ0n) is 18.3. The van der Waals surface area contributed by atoms with Gasteiger partial charge in [-0.1, -0.05) is 57.0 Å². The maximum absolute atomic E-state index is 7.30. The third-order valence-electron chi connectivity index (χ3n) is 5.17. The van der Waals surface area contributed by atoms with Crippen molar-refractivity contribution in [3.63, 3.8) is 0 Å². The van der Waals surface area contributed by atoms with E-state index in [0.29, 0.717) is 0 Å². The Balaban J connectivity index is 3.60. The predicted molar refractivity (Wildman–Crippen MR) is 121 cm³/mol. The zero-order valence-corrected chi connectivity index (χ0v) is 22.3. The normalized spacial score (nSPS) is 14.2. The van der Waals surface area contributed by atoms with Crippen molar-refractivity contribution in [3.05, 3.63) is 34.4 Å². The highest BCUT2D eigenvalue weighted by atomic mass is 29.7. The van der Waals surface area contributed by atoms with Crippen molar-refractivity contribution in [1.82, 2.24) is 0 Å². The summed E-state index contributed by atoms with van der Waals surface area (Å²) in [6, 6.07) is 5.97. The summed E-state index contributed by atoms with van der Waals surface area (Å²) >= 11 is 0. The molecule has 0 spiro atoms. The molecule has 0 saturated carbocycles. The molecule has 24 heavy (non-hydrogen) atoms. The summed E-state index contributed by atoms with van der Waals surface area (Å²) in [5.41, 5.74) is 5.92. The first-order valence-electron chi connectivity index (χ1n) is 9.27. The Bertz CT molecular complexity index is 552. The second kappa shape index (κ2) is 6.99. The van der Waals surface area contributed by atoms with Crippen LogP contribution in [0.3, 0.4) is 0 Å². The van der Waals surface area contributed by atoms with E-state index in [1.54, 1.807) is 5.56 Å². The van der Waals surface area contributed by atoms with Gasteiger partial charge in [0, 0.05) is 0 Å². The van der Waals surface area contributed by atoms with Crippen LogP contribution in [0, 0.1) is 20.8 Å². The molecule has 1 aromatic carbocycles. The molecule has 0 fully saturated rings. The Morgan fingerprint density at radius 1 is 0.708 bits per heavy atom. The maximum atomic E-state index is 7.30. The smallest absolute Gasteiger partial charge is 0.169 e. The highest BCUT2D eigenvalue weighted by Crippen LogP contribution is 2.37. The lowest BCUT2D eigenvalue weighted by Crippen LogP contribution is -2.77. The van der Waals surface area contributed by atoms with Crippen molar-refractivity contribution in [2.45, 2.75) is 85.7 Å². The molecular weight excluding hydrogens is 357 g/mol. The highest BCUT2D eigenvalue weighted by molar-refractivity contribution is 7.67. The number of benzene rings is 1. The van der Waals surface area contributed by atoms with E-state index in [4.69, 9.17) is 4.12 Å². The average Bonchev–Trinajstić information content (AvgIpc) is 2.27. The molecule has 0 saturated heterocycles. The van der Waals surface area contributed by atoms with Crippen LogP contribution in [0.15, 0.2) is 12.1 Å². The quantitative estimate of drug-likeness (QED) is 0.511.